The van der Waals surface area contributed by atoms with Crippen LogP contribution in [0.25, 0.3) is 0 Å². The highest BCUT2D eigenvalue weighted by molar-refractivity contribution is 6.33. The zero-order chi connectivity index (χ0) is 13.7. The van der Waals surface area contributed by atoms with E-state index in [0.29, 0.717) is 13.2 Å². The minimum atomic E-state index is -0.230. The highest BCUT2D eigenvalue weighted by Gasteiger charge is 2.21. The van der Waals surface area contributed by atoms with Gasteiger partial charge in [-0.05, 0) is 24.1 Å². The first-order valence-electron chi connectivity index (χ1n) is 6.62. The average molecular weight is 285 g/mol. The molecule has 1 aromatic carbocycles. The maximum absolute atomic E-state index is 9.57. The fourth-order valence-corrected chi connectivity index (χ4v) is 2.61. The maximum Gasteiger partial charge on any atom is 0.0731 e. The number of anilines is 1. The first-order chi connectivity index (χ1) is 9.20. The van der Waals surface area contributed by atoms with Gasteiger partial charge in [0.15, 0.2) is 0 Å². The summed E-state index contributed by atoms with van der Waals surface area (Å²) in [5.41, 5.74) is 2.17. The van der Waals surface area contributed by atoms with Crippen LogP contribution in [0.3, 0.4) is 0 Å². The van der Waals surface area contributed by atoms with Crippen LogP contribution >= 0.6 is 11.6 Å². The summed E-state index contributed by atoms with van der Waals surface area (Å²) in [4.78, 5) is 2.13. The lowest BCUT2D eigenvalue weighted by Gasteiger charge is -2.20. The molecular weight excluding hydrogens is 264 g/mol. The number of methoxy groups -OCH3 is 1. The van der Waals surface area contributed by atoms with Gasteiger partial charge in [-0.3, -0.25) is 0 Å². The first-order valence-corrected chi connectivity index (χ1v) is 6.99. The third-order valence-corrected chi connectivity index (χ3v) is 3.63. The quantitative estimate of drug-likeness (QED) is 0.780. The second kappa shape index (κ2) is 7.10. The molecule has 0 amide bonds. The van der Waals surface area contributed by atoms with Gasteiger partial charge in [-0.2, -0.15) is 0 Å². The van der Waals surface area contributed by atoms with Gasteiger partial charge in [0, 0.05) is 33.3 Å². The molecule has 1 fully saturated rings. The average Bonchev–Trinajstić information content (AvgIpc) is 2.81. The summed E-state index contributed by atoms with van der Waals surface area (Å²) < 4.78 is 4.98. The molecule has 1 saturated heterocycles. The van der Waals surface area contributed by atoms with Crippen LogP contribution in [-0.4, -0.2) is 44.6 Å². The molecule has 0 spiro atoms. The molecule has 0 radical (unpaired) electrons. The number of aliphatic hydroxyl groups excluding tert-OH is 1. The van der Waals surface area contributed by atoms with E-state index in [0.717, 1.165) is 42.3 Å². The summed E-state index contributed by atoms with van der Waals surface area (Å²) in [6.45, 7) is 3.86. The van der Waals surface area contributed by atoms with Gasteiger partial charge in [-0.1, -0.05) is 17.7 Å². The first kappa shape index (κ1) is 14.6. The van der Waals surface area contributed by atoms with Crippen molar-refractivity contribution in [2.75, 3.05) is 38.3 Å². The van der Waals surface area contributed by atoms with E-state index in [-0.39, 0.29) is 6.10 Å². The van der Waals surface area contributed by atoms with Gasteiger partial charge in [0.2, 0.25) is 0 Å². The summed E-state index contributed by atoms with van der Waals surface area (Å²) in [5, 5.41) is 13.6. The number of nitrogens with one attached hydrogen (secondary N) is 1. The van der Waals surface area contributed by atoms with Crippen LogP contribution in [0.4, 0.5) is 5.69 Å². The Kier molecular flexibility index (Phi) is 5.45. The van der Waals surface area contributed by atoms with Gasteiger partial charge in [-0.25, -0.2) is 0 Å². The second-order valence-electron chi connectivity index (χ2n) is 4.84. The van der Waals surface area contributed by atoms with Crippen molar-refractivity contribution >= 4 is 17.3 Å². The largest absolute Gasteiger partial charge is 0.391 e. The Morgan fingerprint density at radius 1 is 1.53 bits per heavy atom. The smallest absolute Gasteiger partial charge is 0.0731 e. The summed E-state index contributed by atoms with van der Waals surface area (Å²) in [6.07, 6.45) is 0.586. The standard InChI is InChI=1S/C14H21ClN2O2/c1-19-7-5-16-9-11-2-3-14(13(15)8-11)17-6-4-12(18)10-17/h2-3,8,12,16,18H,4-7,9-10H2,1H3. The monoisotopic (exact) mass is 284 g/mol. The Hall–Kier alpha value is -0.810. The summed E-state index contributed by atoms with van der Waals surface area (Å²) in [6, 6.07) is 6.10. The topological polar surface area (TPSA) is 44.7 Å². The number of nitrogens with zero attached hydrogens (tertiary/aromatic N) is 1. The zero-order valence-electron chi connectivity index (χ0n) is 11.2. The third-order valence-electron chi connectivity index (χ3n) is 3.33. The number of aliphatic hydroxyl groups is 1. The lowest BCUT2D eigenvalue weighted by atomic mass is 10.2. The van der Waals surface area contributed by atoms with E-state index in [4.69, 9.17) is 16.3 Å². The molecule has 1 unspecified atom stereocenters. The van der Waals surface area contributed by atoms with E-state index >= 15 is 0 Å². The molecule has 0 saturated carbocycles. The highest BCUT2D eigenvalue weighted by Crippen LogP contribution is 2.29. The van der Waals surface area contributed by atoms with Crippen molar-refractivity contribution in [3.63, 3.8) is 0 Å². The van der Waals surface area contributed by atoms with Crippen molar-refractivity contribution in [3.05, 3.63) is 28.8 Å². The number of rotatable bonds is 6. The van der Waals surface area contributed by atoms with Crippen LogP contribution in [0.5, 0.6) is 0 Å². The van der Waals surface area contributed by atoms with E-state index in [1.165, 1.54) is 0 Å². The fourth-order valence-electron chi connectivity index (χ4n) is 2.28. The van der Waals surface area contributed by atoms with E-state index in [1.54, 1.807) is 7.11 Å². The van der Waals surface area contributed by atoms with Crippen LogP contribution in [0.15, 0.2) is 18.2 Å². The van der Waals surface area contributed by atoms with Crippen molar-refractivity contribution in [2.45, 2.75) is 19.1 Å². The predicted molar refractivity (Wildman–Crippen MR) is 77.9 cm³/mol. The lowest BCUT2D eigenvalue weighted by molar-refractivity contribution is 0.198. The maximum atomic E-state index is 9.57. The molecule has 1 heterocycles. The Bertz CT molecular complexity index is 414. The Labute approximate surface area is 119 Å². The molecule has 2 N–H and O–H groups in total. The van der Waals surface area contributed by atoms with Crippen LogP contribution < -0.4 is 10.2 Å². The molecule has 0 bridgehead atoms. The molecule has 1 aliphatic rings. The molecule has 4 nitrogen and oxygen atoms in total. The fraction of sp³-hybridized carbons (Fsp3) is 0.571. The van der Waals surface area contributed by atoms with E-state index < -0.39 is 0 Å². The predicted octanol–water partition coefficient (Wildman–Crippen LogP) is 1.65. The molecule has 19 heavy (non-hydrogen) atoms. The number of hydrogen-bond acceptors (Lipinski definition) is 4. The van der Waals surface area contributed by atoms with Gasteiger partial charge in [0.05, 0.1) is 23.4 Å². The SMILES string of the molecule is COCCNCc1ccc(N2CCC(O)C2)c(Cl)c1. The lowest BCUT2D eigenvalue weighted by Crippen LogP contribution is -2.22. The van der Waals surface area contributed by atoms with Gasteiger partial charge in [-0.15, -0.1) is 0 Å². The van der Waals surface area contributed by atoms with Crippen LogP contribution in [0, 0.1) is 0 Å². The van der Waals surface area contributed by atoms with E-state index in [9.17, 15) is 5.11 Å². The highest BCUT2D eigenvalue weighted by atomic mass is 35.5. The van der Waals surface area contributed by atoms with Gasteiger partial charge in [0.1, 0.15) is 0 Å². The minimum absolute atomic E-state index is 0.230. The summed E-state index contributed by atoms with van der Waals surface area (Å²) >= 11 is 6.32. The molecule has 106 valence electrons. The third kappa shape index (κ3) is 4.08. The number of β-amino-alcohol motifs (C(OH)–C–C–N with tert-alkyl or cyclic N) is 1. The van der Waals surface area contributed by atoms with Gasteiger partial charge >= 0.3 is 0 Å². The Morgan fingerprint density at radius 3 is 3.00 bits per heavy atom. The Morgan fingerprint density at radius 2 is 2.37 bits per heavy atom. The number of benzene rings is 1. The molecular formula is C14H21ClN2O2. The van der Waals surface area contributed by atoms with Crippen molar-refractivity contribution in [1.82, 2.24) is 5.32 Å². The van der Waals surface area contributed by atoms with Gasteiger partial charge < -0.3 is 20.1 Å². The zero-order valence-corrected chi connectivity index (χ0v) is 12.0. The molecule has 5 heteroatoms. The van der Waals surface area contributed by atoms with E-state index in [1.807, 2.05) is 12.1 Å². The van der Waals surface area contributed by atoms with Crippen molar-refractivity contribution in [3.8, 4) is 0 Å². The van der Waals surface area contributed by atoms with Crippen LogP contribution in [0.1, 0.15) is 12.0 Å². The van der Waals surface area contributed by atoms with Crippen LogP contribution in [-0.2, 0) is 11.3 Å². The number of hydrogen-bond donors (Lipinski definition) is 2. The molecule has 1 atom stereocenters. The number of halogens is 1. The summed E-state index contributed by atoms with van der Waals surface area (Å²) in [5.74, 6) is 0. The Balaban J connectivity index is 1.93. The molecule has 2 rings (SSSR count). The summed E-state index contributed by atoms with van der Waals surface area (Å²) in [7, 11) is 1.69. The second-order valence-corrected chi connectivity index (χ2v) is 5.25. The van der Waals surface area contributed by atoms with Crippen LogP contribution in [0.2, 0.25) is 5.02 Å². The normalized spacial score (nSPS) is 19.1. The van der Waals surface area contributed by atoms with Crippen molar-refractivity contribution in [1.29, 1.82) is 0 Å². The van der Waals surface area contributed by atoms with Gasteiger partial charge in [0.25, 0.3) is 0 Å². The van der Waals surface area contributed by atoms with Crippen molar-refractivity contribution in [2.24, 2.45) is 0 Å². The molecule has 0 aliphatic carbocycles. The molecule has 1 aliphatic heterocycles. The minimum Gasteiger partial charge on any atom is -0.391 e. The molecule has 0 aromatic heterocycles. The molecule has 1 aromatic rings. The van der Waals surface area contributed by atoms with E-state index in [2.05, 4.69) is 16.3 Å². The number of ether oxygens (including phenoxy) is 1. The van der Waals surface area contributed by atoms with Crippen molar-refractivity contribution < 1.29 is 9.84 Å².